The summed E-state index contributed by atoms with van der Waals surface area (Å²) in [5.74, 6) is 1.04. The normalized spacial score (nSPS) is 17.3. The van der Waals surface area contributed by atoms with Crippen molar-refractivity contribution in [1.82, 2.24) is 24.8 Å². The Balaban J connectivity index is 1.34. The van der Waals surface area contributed by atoms with Crippen LogP contribution in [0.3, 0.4) is 0 Å². The summed E-state index contributed by atoms with van der Waals surface area (Å²) in [6.45, 7) is 4.41. The van der Waals surface area contributed by atoms with Crippen molar-refractivity contribution in [1.29, 1.82) is 0 Å². The van der Waals surface area contributed by atoms with E-state index in [2.05, 4.69) is 65.1 Å². The summed E-state index contributed by atoms with van der Waals surface area (Å²) < 4.78 is 7.02. The summed E-state index contributed by atoms with van der Waals surface area (Å²) in [4.78, 5) is 26.3. The van der Waals surface area contributed by atoms with E-state index >= 15 is 0 Å². The van der Waals surface area contributed by atoms with Crippen molar-refractivity contribution in [3.63, 3.8) is 0 Å². The van der Waals surface area contributed by atoms with Crippen LogP contribution in [0.15, 0.2) is 85.1 Å². The van der Waals surface area contributed by atoms with Crippen LogP contribution in [0.2, 0.25) is 0 Å². The molecule has 0 atom stereocenters. The van der Waals surface area contributed by atoms with Crippen molar-refractivity contribution in [2.45, 2.75) is 51.1 Å². The number of rotatable bonds is 7. The summed E-state index contributed by atoms with van der Waals surface area (Å²) in [5.41, 5.74) is 12.4. The molecular formula is C34H36N6O2. The number of benzene rings is 2. The molecule has 6 rings (SSSR count). The number of anilines is 1. The van der Waals surface area contributed by atoms with Crippen molar-refractivity contribution in [3.05, 3.63) is 90.6 Å². The first-order valence-electron chi connectivity index (χ1n) is 14.5. The number of fused-ring (bicyclic) bond motifs is 1. The Morgan fingerprint density at radius 2 is 1.67 bits per heavy atom. The topological polar surface area (TPSA) is 108 Å². The maximum absolute atomic E-state index is 12.0. The van der Waals surface area contributed by atoms with E-state index in [0.29, 0.717) is 17.7 Å². The smallest absolute Gasteiger partial charge is 0.308 e. The summed E-state index contributed by atoms with van der Waals surface area (Å²) >= 11 is 0. The standard InChI is InChI=1S/C34H36N6O2/c1-34(2,39-25-15-11-23(12-16-25)33(41)42-3)24-13-17-26(18-14-24)40-31(27-10-7-21-36-30(27)35)38-29-20-19-28(37-32(29)40)22-8-5-4-6-9-22/h4-10,13-14,17-21,23,25,39H,11-12,15-16H2,1-3H3,(H2,35,36). The van der Waals surface area contributed by atoms with Gasteiger partial charge < -0.3 is 15.8 Å². The van der Waals surface area contributed by atoms with Gasteiger partial charge in [0.25, 0.3) is 0 Å². The predicted octanol–water partition coefficient (Wildman–Crippen LogP) is 6.29. The lowest BCUT2D eigenvalue weighted by Gasteiger charge is -2.36. The Kier molecular flexibility index (Phi) is 7.47. The van der Waals surface area contributed by atoms with E-state index in [1.807, 2.05) is 42.5 Å². The molecule has 1 aliphatic carbocycles. The van der Waals surface area contributed by atoms with E-state index in [1.54, 1.807) is 6.20 Å². The van der Waals surface area contributed by atoms with Gasteiger partial charge in [0.1, 0.15) is 11.3 Å². The van der Waals surface area contributed by atoms with Gasteiger partial charge in [0.05, 0.1) is 24.3 Å². The van der Waals surface area contributed by atoms with E-state index in [-0.39, 0.29) is 17.4 Å². The predicted molar refractivity (Wildman–Crippen MR) is 166 cm³/mol. The quantitative estimate of drug-likeness (QED) is 0.225. The van der Waals surface area contributed by atoms with Crippen LogP contribution in [0, 0.1) is 5.92 Å². The molecule has 3 heterocycles. The first-order chi connectivity index (χ1) is 20.3. The molecule has 0 aliphatic heterocycles. The van der Waals surface area contributed by atoms with Gasteiger partial charge >= 0.3 is 5.97 Å². The number of pyridine rings is 2. The molecule has 0 radical (unpaired) electrons. The van der Waals surface area contributed by atoms with Gasteiger partial charge in [-0.2, -0.15) is 0 Å². The molecule has 42 heavy (non-hydrogen) atoms. The maximum atomic E-state index is 12.0. The van der Waals surface area contributed by atoms with Crippen LogP contribution in [-0.4, -0.2) is 38.6 Å². The Morgan fingerprint density at radius 3 is 2.36 bits per heavy atom. The Labute approximate surface area is 246 Å². The zero-order valence-corrected chi connectivity index (χ0v) is 24.2. The first kappa shape index (κ1) is 27.6. The molecule has 3 aromatic heterocycles. The van der Waals surface area contributed by atoms with Crippen molar-refractivity contribution in [2.24, 2.45) is 5.92 Å². The van der Waals surface area contributed by atoms with Gasteiger partial charge in [-0.3, -0.25) is 9.36 Å². The molecule has 0 bridgehead atoms. The molecular weight excluding hydrogens is 524 g/mol. The average molecular weight is 561 g/mol. The van der Waals surface area contributed by atoms with Gasteiger partial charge in [-0.05, 0) is 81.5 Å². The minimum Gasteiger partial charge on any atom is -0.469 e. The molecule has 0 unspecified atom stereocenters. The van der Waals surface area contributed by atoms with Crippen LogP contribution in [-0.2, 0) is 15.1 Å². The lowest BCUT2D eigenvalue weighted by atomic mass is 9.84. The van der Waals surface area contributed by atoms with Crippen molar-refractivity contribution < 1.29 is 9.53 Å². The number of methoxy groups -OCH3 is 1. The fourth-order valence-corrected chi connectivity index (χ4v) is 6.02. The molecule has 2 aromatic carbocycles. The van der Waals surface area contributed by atoms with Crippen molar-refractivity contribution in [2.75, 3.05) is 12.8 Å². The monoisotopic (exact) mass is 560 g/mol. The number of nitrogens with two attached hydrogens (primary N) is 1. The number of ether oxygens (including phenoxy) is 1. The first-order valence-corrected chi connectivity index (χ1v) is 14.5. The van der Waals surface area contributed by atoms with Gasteiger partial charge in [0.15, 0.2) is 11.5 Å². The maximum Gasteiger partial charge on any atom is 0.308 e. The molecule has 8 heteroatoms. The molecule has 8 nitrogen and oxygen atoms in total. The van der Waals surface area contributed by atoms with Crippen molar-refractivity contribution in [3.8, 4) is 28.3 Å². The molecule has 5 aromatic rings. The van der Waals surface area contributed by atoms with E-state index < -0.39 is 0 Å². The highest BCUT2D eigenvalue weighted by molar-refractivity contribution is 5.84. The highest BCUT2D eigenvalue weighted by atomic mass is 16.5. The fourth-order valence-electron chi connectivity index (χ4n) is 6.02. The van der Waals surface area contributed by atoms with Crippen LogP contribution in [0.4, 0.5) is 5.82 Å². The Hall–Kier alpha value is -4.56. The summed E-state index contributed by atoms with van der Waals surface area (Å²) in [7, 11) is 1.47. The van der Waals surface area contributed by atoms with Crippen LogP contribution in [0.1, 0.15) is 45.1 Å². The second-order valence-electron chi connectivity index (χ2n) is 11.5. The highest BCUT2D eigenvalue weighted by Crippen LogP contribution is 2.33. The van der Waals surface area contributed by atoms with Gasteiger partial charge in [0.2, 0.25) is 0 Å². The fraction of sp³-hybridized carbons (Fsp3) is 0.294. The number of hydrogen-bond donors (Lipinski definition) is 2. The molecule has 1 fully saturated rings. The van der Waals surface area contributed by atoms with E-state index in [1.165, 1.54) is 12.7 Å². The highest BCUT2D eigenvalue weighted by Gasteiger charge is 2.31. The molecule has 0 saturated heterocycles. The van der Waals surface area contributed by atoms with E-state index in [4.69, 9.17) is 20.4 Å². The Bertz CT molecular complexity index is 1700. The number of carbonyl (C=O) groups is 1. The van der Waals surface area contributed by atoms with Gasteiger partial charge in [-0.15, -0.1) is 0 Å². The van der Waals surface area contributed by atoms with E-state index in [0.717, 1.165) is 59.4 Å². The number of hydrogen-bond acceptors (Lipinski definition) is 7. The van der Waals surface area contributed by atoms with Gasteiger partial charge in [0, 0.05) is 29.0 Å². The zero-order chi connectivity index (χ0) is 29.3. The van der Waals surface area contributed by atoms with Crippen LogP contribution in [0.25, 0.3) is 39.5 Å². The van der Waals surface area contributed by atoms with Crippen LogP contribution in [0.5, 0.6) is 0 Å². The number of nitrogens with one attached hydrogen (secondary N) is 1. The number of carbonyl (C=O) groups excluding carboxylic acids is 1. The summed E-state index contributed by atoms with van der Waals surface area (Å²) in [5, 5.41) is 3.83. The second-order valence-corrected chi connectivity index (χ2v) is 11.5. The Morgan fingerprint density at radius 1 is 0.929 bits per heavy atom. The zero-order valence-electron chi connectivity index (χ0n) is 24.2. The number of esters is 1. The van der Waals surface area contributed by atoms with Crippen LogP contribution >= 0.6 is 0 Å². The second kappa shape index (κ2) is 11.4. The molecule has 0 amide bonds. The third kappa shape index (κ3) is 5.37. The summed E-state index contributed by atoms with van der Waals surface area (Å²) in [6, 6.07) is 26.8. The molecule has 3 N–H and O–H groups in total. The van der Waals surface area contributed by atoms with Gasteiger partial charge in [-0.25, -0.2) is 15.0 Å². The van der Waals surface area contributed by atoms with Crippen LogP contribution < -0.4 is 11.1 Å². The van der Waals surface area contributed by atoms with E-state index in [9.17, 15) is 4.79 Å². The third-order valence-electron chi connectivity index (χ3n) is 8.33. The summed E-state index contributed by atoms with van der Waals surface area (Å²) in [6.07, 6.45) is 5.29. The number of nitrogens with zero attached hydrogens (tertiary/aromatic N) is 4. The molecule has 1 saturated carbocycles. The molecule has 0 spiro atoms. The molecule has 1 aliphatic rings. The number of aromatic nitrogens is 4. The lowest BCUT2D eigenvalue weighted by Crippen LogP contribution is -2.45. The average Bonchev–Trinajstić information content (AvgIpc) is 3.40. The SMILES string of the molecule is COC(=O)C1CCC(NC(C)(C)c2ccc(-n3c(-c4cccnc4N)nc4ccc(-c5ccccc5)nc43)cc2)CC1. The molecule has 214 valence electrons. The van der Waals surface area contributed by atoms with Crippen molar-refractivity contribution >= 4 is 23.0 Å². The minimum absolute atomic E-state index is 0.0134. The lowest BCUT2D eigenvalue weighted by molar-refractivity contribution is -0.146. The number of imidazole rings is 1. The third-order valence-corrected chi connectivity index (χ3v) is 8.33. The largest absolute Gasteiger partial charge is 0.469 e. The minimum atomic E-state index is -0.256. The number of nitrogen functional groups attached to an aromatic ring is 1. The van der Waals surface area contributed by atoms with Gasteiger partial charge in [-0.1, -0.05) is 42.5 Å².